The van der Waals surface area contributed by atoms with E-state index in [2.05, 4.69) is 15.0 Å². The molecule has 8 atom stereocenters. The van der Waals surface area contributed by atoms with E-state index in [0.717, 1.165) is 11.8 Å². The number of ether oxygens (including phenoxy) is 2. The maximum absolute atomic E-state index is 17.7. The lowest BCUT2D eigenvalue weighted by Gasteiger charge is -2.43. The zero-order valence-electron chi connectivity index (χ0n) is 34.4. The first-order valence-corrected chi connectivity index (χ1v) is 22.0. The molecule has 324 valence electrons. The molecular weight excluding hydrogens is 812 g/mol. The monoisotopic (exact) mass is 865 g/mol. The van der Waals surface area contributed by atoms with E-state index < -0.39 is 92.2 Å². The van der Waals surface area contributed by atoms with Crippen LogP contribution in [0.3, 0.4) is 0 Å². The number of alkyl halides is 2. The van der Waals surface area contributed by atoms with E-state index in [1.165, 1.54) is 26.3 Å². The van der Waals surface area contributed by atoms with Gasteiger partial charge in [-0.05, 0) is 101 Å². The third kappa shape index (κ3) is 7.93. The van der Waals surface area contributed by atoms with Gasteiger partial charge in [-0.1, -0.05) is 50.9 Å². The Morgan fingerprint density at radius 1 is 1.19 bits per heavy atom. The Labute approximate surface area is 348 Å². The summed E-state index contributed by atoms with van der Waals surface area (Å²) in [7, 11) is -2.76. The largest absolute Gasteiger partial charge is 0.495 e. The van der Waals surface area contributed by atoms with Gasteiger partial charge in [0.05, 0.1) is 16.9 Å². The number of fused-ring (bicyclic) bond motifs is 3. The van der Waals surface area contributed by atoms with Crippen LogP contribution in [0, 0.1) is 17.8 Å². The van der Waals surface area contributed by atoms with Gasteiger partial charge in [0.15, 0.2) is 5.60 Å². The first-order chi connectivity index (χ1) is 27.6. The molecule has 1 aromatic carbocycles. The van der Waals surface area contributed by atoms with E-state index in [9.17, 15) is 27.9 Å². The zero-order chi connectivity index (χ0) is 43.5. The Kier molecular flexibility index (Phi) is 12.0. The Morgan fingerprint density at radius 3 is 2.49 bits per heavy atom. The van der Waals surface area contributed by atoms with E-state index in [-0.39, 0.29) is 46.4 Å². The molecule has 2 saturated carbocycles. The number of hydrogen-bond acceptors (Lipinski definition) is 9. The number of allylic oxidation sites excluding steroid dienone is 1. The van der Waals surface area contributed by atoms with Crippen LogP contribution in [0.4, 0.5) is 13.6 Å². The second-order valence-electron chi connectivity index (χ2n) is 17.2. The zero-order valence-corrected chi connectivity index (χ0v) is 36.0. The summed E-state index contributed by atoms with van der Waals surface area (Å²) < 4.78 is 74.4. The Hall–Kier alpha value is -4.25. The smallest absolute Gasteiger partial charge is 0.408 e. The highest BCUT2D eigenvalue weighted by atomic mass is 35.5. The average molecular weight is 866 g/mol. The van der Waals surface area contributed by atoms with Crippen LogP contribution < -0.4 is 19.5 Å². The summed E-state index contributed by atoms with van der Waals surface area (Å²) in [6, 6.07) is -4.14. The van der Waals surface area contributed by atoms with Crippen LogP contribution in [0.2, 0.25) is 5.02 Å². The number of amides is 4. The van der Waals surface area contributed by atoms with Crippen LogP contribution in [0.15, 0.2) is 36.5 Å². The van der Waals surface area contributed by atoms with Crippen LogP contribution in [-0.2, 0) is 24.4 Å². The molecule has 0 bridgehead atoms. The van der Waals surface area contributed by atoms with Crippen LogP contribution in [0.5, 0.6) is 11.6 Å². The Balaban J connectivity index is 1.50. The number of methoxy groups -OCH3 is 1. The van der Waals surface area contributed by atoms with Crippen molar-refractivity contribution < 1.29 is 51.0 Å². The molecule has 2 aliphatic carbocycles. The molecule has 3 N–H and O–H groups in total. The van der Waals surface area contributed by atoms with Gasteiger partial charge in [-0.25, -0.2) is 18.2 Å². The van der Waals surface area contributed by atoms with Gasteiger partial charge in [-0.15, -0.1) is 0 Å². The van der Waals surface area contributed by atoms with Crippen LogP contribution in [0.25, 0.3) is 10.8 Å². The summed E-state index contributed by atoms with van der Waals surface area (Å²) >= 11 is 6.43. The highest BCUT2D eigenvalue weighted by Crippen LogP contribution is 2.52. The SMILES string of the molecule is CCC(C)N(C(=O)O)[C@@H]1C(=O)N2[C@@H](C[C@@](C)(Oc3nccc4cc(OC)c(Cl)cc34)C2(F)F)C(=O)N[C@]2(C(=O)NS(=O)(=O)C3(C)CC3)C[C@H]2/C=C\CC[C@@H](C)C[C@H]1CC. The Bertz CT molecular complexity index is 2160. The van der Waals surface area contributed by atoms with Crippen molar-refractivity contribution in [2.45, 2.75) is 139 Å². The summed E-state index contributed by atoms with van der Waals surface area (Å²) in [5, 5.41) is 14.1. The molecule has 2 aliphatic heterocycles. The van der Waals surface area contributed by atoms with Crippen molar-refractivity contribution >= 4 is 56.2 Å². The van der Waals surface area contributed by atoms with Crippen molar-refractivity contribution in [1.29, 1.82) is 0 Å². The van der Waals surface area contributed by atoms with Crippen molar-refractivity contribution in [2.24, 2.45) is 17.8 Å². The fraction of sp³-hybridized carbons (Fsp3) is 0.634. The van der Waals surface area contributed by atoms with Gasteiger partial charge in [-0.2, -0.15) is 8.78 Å². The third-order valence-corrected chi connectivity index (χ3v) is 15.5. The number of nitrogens with zero attached hydrogens (tertiary/aromatic N) is 3. The van der Waals surface area contributed by atoms with E-state index >= 15 is 13.6 Å². The average Bonchev–Trinajstić information content (AvgIpc) is 4.08. The molecule has 1 aromatic heterocycles. The minimum atomic E-state index is -4.30. The van der Waals surface area contributed by atoms with Gasteiger partial charge in [0.1, 0.15) is 23.4 Å². The minimum absolute atomic E-state index is 0.0286. The molecule has 3 fully saturated rings. The number of rotatable bonds is 10. The first kappa shape index (κ1) is 44.3. The molecule has 18 heteroatoms. The van der Waals surface area contributed by atoms with Crippen LogP contribution >= 0.6 is 11.6 Å². The van der Waals surface area contributed by atoms with Crippen LogP contribution in [-0.4, -0.2) is 99.3 Å². The molecule has 14 nitrogen and oxygen atoms in total. The van der Waals surface area contributed by atoms with E-state index in [1.807, 2.05) is 13.0 Å². The maximum atomic E-state index is 17.7. The molecule has 1 saturated heterocycles. The number of pyridine rings is 1. The highest BCUT2D eigenvalue weighted by Gasteiger charge is 2.71. The number of nitrogens with one attached hydrogen (secondary N) is 2. The molecule has 0 spiro atoms. The number of halogens is 3. The van der Waals surface area contributed by atoms with Crippen molar-refractivity contribution in [3.8, 4) is 11.6 Å². The molecule has 0 radical (unpaired) electrons. The fourth-order valence-corrected chi connectivity index (χ4v) is 10.1. The van der Waals surface area contributed by atoms with Gasteiger partial charge in [0, 0.05) is 30.0 Å². The number of hydrogen-bond donors (Lipinski definition) is 3. The van der Waals surface area contributed by atoms with Gasteiger partial charge >= 0.3 is 12.1 Å². The van der Waals surface area contributed by atoms with Crippen molar-refractivity contribution in [3.63, 3.8) is 0 Å². The standard InChI is InChI=1S/C41H54ClF2N5O9S/c1-8-24(4)48(37(53)54)32-25(9-2)18-23(3)12-10-11-13-27-21-40(27,36(52)47-59(55,56)38(5)15-16-38)46-33(50)30-22-39(6,41(43,44)49(30)35(32)51)58-34-28-20-29(42)31(57-7)19-26(28)14-17-45-34/h11,13-14,17,19-20,23-25,27,30,32H,8-10,12,15-16,18,21-22H2,1-7H3,(H,46,50)(H,47,52)(H,53,54)/b13-11-/t23-,24?,25-,27-,30+,32+,39-,40-/m1/s1. The number of benzene rings is 1. The highest BCUT2D eigenvalue weighted by molar-refractivity contribution is 7.91. The normalized spacial score (nSPS) is 31.4. The third-order valence-electron chi connectivity index (χ3n) is 13.0. The lowest BCUT2D eigenvalue weighted by Crippen LogP contribution is -2.65. The lowest BCUT2D eigenvalue weighted by molar-refractivity contribution is -0.219. The summed E-state index contributed by atoms with van der Waals surface area (Å²) in [6.07, 6.45) is 5.13. The summed E-state index contributed by atoms with van der Waals surface area (Å²) in [4.78, 5) is 62.3. The van der Waals surface area contributed by atoms with Crippen molar-refractivity contribution in [2.75, 3.05) is 7.11 Å². The number of carbonyl (C=O) groups is 4. The number of carboxylic acid groups (broad SMARTS) is 1. The van der Waals surface area contributed by atoms with Gasteiger partial charge in [0.25, 0.3) is 11.8 Å². The van der Waals surface area contributed by atoms with Gasteiger partial charge in [-0.3, -0.25) is 28.9 Å². The fourth-order valence-electron chi connectivity index (χ4n) is 8.57. The molecule has 4 aliphatic rings. The van der Waals surface area contributed by atoms with E-state index in [0.29, 0.717) is 43.2 Å². The number of aromatic nitrogens is 1. The molecule has 6 rings (SSSR count). The maximum Gasteiger partial charge on any atom is 0.408 e. The second-order valence-corrected chi connectivity index (χ2v) is 19.8. The molecule has 3 heterocycles. The van der Waals surface area contributed by atoms with E-state index in [1.54, 1.807) is 39.0 Å². The Morgan fingerprint density at radius 2 is 1.88 bits per heavy atom. The predicted molar refractivity (Wildman–Crippen MR) is 216 cm³/mol. The van der Waals surface area contributed by atoms with Crippen molar-refractivity contribution in [3.05, 3.63) is 41.6 Å². The summed E-state index contributed by atoms with van der Waals surface area (Å²) in [5.41, 5.74) is -4.51. The predicted octanol–water partition coefficient (Wildman–Crippen LogP) is 6.65. The number of sulfonamides is 1. The molecule has 59 heavy (non-hydrogen) atoms. The first-order valence-electron chi connectivity index (χ1n) is 20.2. The summed E-state index contributed by atoms with van der Waals surface area (Å²) in [6.45, 7) is 9.55. The number of carbonyl (C=O) groups excluding carboxylic acids is 3. The second kappa shape index (κ2) is 16.0. The minimum Gasteiger partial charge on any atom is -0.495 e. The molecule has 4 amide bonds. The van der Waals surface area contributed by atoms with Gasteiger partial charge < -0.3 is 19.9 Å². The molecule has 2 aromatic rings. The van der Waals surface area contributed by atoms with Crippen LogP contribution in [0.1, 0.15) is 99.3 Å². The quantitative estimate of drug-likeness (QED) is 0.173. The van der Waals surface area contributed by atoms with Gasteiger partial charge in [0.2, 0.25) is 21.8 Å². The summed E-state index contributed by atoms with van der Waals surface area (Å²) in [5.74, 6) is -4.97. The molecule has 1 unspecified atom stereocenters. The molecular formula is C41H54ClF2N5O9S. The topological polar surface area (TPSA) is 185 Å². The van der Waals surface area contributed by atoms with Crippen molar-refractivity contribution in [1.82, 2.24) is 24.8 Å². The van der Waals surface area contributed by atoms with E-state index in [4.69, 9.17) is 21.1 Å². The lowest BCUT2D eigenvalue weighted by atomic mass is 9.83.